The number of carboxylic acids is 1. The third kappa shape index (κ3) is 2.78. The number of tetrazole rings is 1. The van der Waals surface area contributed by atoms with Crippen molar-refractivity contribution >= 4 is 28.6 Å². The van der Waals surface area contributed by atoms with Crippen molar-refractivity contribution in [3.63, 3.8) is 0 Å². The van der Waals surface area contributed by atoms with E-state index in [1.165, 1.54) is 0 Å². The molecule has 0 saturated heterocycles. The fourth-order valence-corrected chi connectivity index (χ4v) is 3.25. The van der Waals surface area contributed by atoms with E-state index in [-0.39, 0.29) is 0 Å². The molecule has 7 heteroatoms. The molecule has 1 saturated carbocycles. The Labute approximate surface area is 135 Å². The highest BCUT2D eigenvalue weighted by Crippen LogP contribution is 2.40. The fourth-order valence-electron chi connectivity index (χ4n) is 2.89. The molecule has 0 amide bonds. The summed E-state index contributed by atoms with van der Waals surface area (Å²) in [6, 6.07) is 7.87. The third-order valence-corrected chi connectivity index (χ3v) is 4.82. The van der Waals surface area contributed by atoms with Crippen molar-refractivity contribution in [3.05, 3.63) is 27.8 Å². The van der Waals surface area contributed by atoms with Crippen LogP contribution in [0, 0.1) is 8.99 Å². The second-order valence-electron chi connectivity index (χ2n) is 5.46. The predicted octanol–water partition coefficient (Wildman–Crippen LogP) is 2.59. The van der Waals surface area contributed by atoms with Gasteiger partial charge in [-0.2, -0.15) is 0 Å². The number of aliphatic carboxylic acids is 1. The van der Waals surface area contributed by atoms with Crippen LogP contribution in [-0.2, 0) is 11.3 Å². The van der Waals surface area contributed by atoms with E-state index >= 15 is 0 Å². The number of hydrogen-bond acceptors (Lipinski definition) is 4. The fraction of sp³-hybridized carbons (Fsp3) is 0.429. The highest BCUT2D eigenvalue weighted by Gasteiger charge is 2.42. The molecule has 1 aromatic heterocycles. The normalized spacial score (nSPS) is 17.0. The zero-order chi connectivity index (χ0) is 14.9. The van der Waals surface area contributed by atoms with Gasteiger partial charge in [-0.25, -0.2) is 4.68 Å². The largest absolute Gasteiger partial charge is 0.481 e. The van der Waals surface area contributed by atoms with Gasteiger partial charge in [0.25, 0.3) is 0 Å². The minimum Gasteiger partial charge on any atom is -0.481 e. The lowest BCUT2D eigenvalue weighted by Crippen LogP contribution is -2.33. The molecule has 1 aliphatic carbocycles. The second kappa shape index (κ2) is 5.70. The zero-order valence-corrected chi connectivity index (χ0v) is 13.5. The molecule has 0 atom stereocenters. The van der Waals surface area contributed by atoms with Crippen molar-refractivity contribution in [3.8, 4) is 11.4 Å². The average molecular weight is 398 g/mol. The Morgan fingerprint density at radius 3 is 2.57 bits per heavy atom. The predicted molar refractivity (Wildman–Crippen MR) is 84.5 cm³/mol. The van der Waals surface area contributed by atoms with Crippen molar-refractivity contribution < 1.29 is 9.90 Å². The number of nitrogens with zero attached hydrogens (tertiary/aromatic N) is 4. The molecule has 0 unspecified atom stereocenters. The van der Waals surface area contributed by atoms with Gasteiger partial charge in [0.1, 0.15) is 0 Å². The molecule has 0 bridgehead atoms. The molecule has 21 heavy (non-hydrogen) atoms. The molecule has 0 spiro atoms. The smallest absolute Gasteiger partial charge is 0.311 e. The van der Waals surface area contributed by atoms with Crippen molar-refractivity contribution in [2.75, 3.05) is 0 Å². The molecule has 1 fully saturated rings. The molecular weight excluding hydrogens is 383 g/mol. The molecular formula is C14H15IN4O2. The SMILES string of the molecule is O=C(O)C1(Cn2nnnc2-c2ccc(I)cc2)CCCC1. The van der Waals surface area contributed by atoms with Crippen LogP contribution >= 0.6 is 22.6 Å². The number of carboxylic acid groups (broad SMARTS) is 1. The summed E-state index contributed by atoms with van der Waals surface area (Å²) in [4.78, 5) is 11.7. The van der Waals surface area contributed by atoms with Gasteiger partial charge in [0, 0.05) is 9.13 Å². The molecule has 1 aromatic carbocycles. The van der Waals surface area contributed by atoms with Crippen LogP contribution in [-0.4, -0.2) is 31.3 Å². The molecule has 0 aliphatic heterocycles. The average Bonchev–Trinajstić information content (AvgIpc) is 3.10. The molecule has 2 aromatic rings. The lowest BCUT2D eigenvalue weighted by Gasteiger charge is -2.23. The summed E-state index contributed by atoms with van der Waals surface area (Å²) in [6.45, 7) is 0.330. The summed E-state index contributed by atoms with van der Waals surface area (Å²) < 4.78 is 2.76. The molecule has 1 heterocycles. The zero-order valence-electron chi connectivity index (χ0n) is 11.4. The van der Waals surface area contributed by atoms with Gasteiger partial charge in [0.15, 0.2) is 5.82 Å². The Morgan fingerprint density at radius 1 is 1.29 bits per heavy atom. The lowest BCUT2D eigenvalue weighted by molar-refractivity contribution is -0.149. The maximum Gasteiger partial charge on any atom is 0.311 e. The maximum absolute atomic E-state index is 11.7. The Morgan fingerprint density at radius 2 is 1.95 bits per heavy atom. The van der Waals surface area contributed by atoms with Crippen LogP contribution in [0.3, 0.4) is 0 Å². The number of benzene rings is 1. The number of halogens is 1. The molecule has 1 N–H and O–H groups in total. The first-order chi connectivity index (χ1) is 10.1. The van der Waals surface area contributed by atoms with Crippen LogP contribution in [0.15, 0.2) is 24.3 Å². The Balaban J connectivity index is 1.92. The van der Waals surface area contributed by atoms with E-state index in [4.69, 9.17) is 0 Å². The second-order valence-corrected chi connectivity index (χ2v) is 6.71. The summed E-state index contributed by atoms with van der Waals surface area (Å²) in [5.74, 6) is -0.122. The highest BCUT2D eigenvalue weighted by molar-refractivity contribution is 14.1. The Kier molecular flexibility index (Phi) is 3.92. The van der Waals surface area contributed by atoms with Gasteiger partial charge >= 0.3 is 5.97 Å². The van der Waals surface area contributed by atoms with E-state index in [0.717, 1.165) is 22.0 Å². The summed E-state index contributed by atoms with van der Waals surface area (Å²) >= 11 is 2.24. The van der Waals surface area contributed by atoms with Crippen molar-refractivity contribution in [2.45, 2.75) is 32.2 Å². The molecule has 6 nitrogen and oxygen atoms in total. The van der Waals surface area contributed by atoms with E-state index < -0.39 is 11.4 Å². The van der Waals surface area contributed by atoms with E-state index in [1.54, 1.807) is 4.68 Å². The van der Waals surface area contributed by atoms with Gasteiger partial charge in [-0.05, 0) is 58.0 Å². The van der Waals surface area contributed by atoms with Crippen molar-refractivity contribution in [2.24, 2.45) is 5.41 Å². The minimum atomic E-state index is -0.746. The first-order valence-corrected chi connectivity index (χ1v) is 7.94. The highest BCUT2D eigenvalue weighted by atomic mass is 127. The van der Waals surface area contributed by atoms with Crippen LogP contribution in [0.4, 0.5) is 0 Å². The van der Waals surface area contributed by atoms with Crippen LogP contribution in [0.25, 0.3) is 11.4 Å². The van der Waals surface area contributed by atoms with Gasteiger partial charge < -0.3 is 5.11 Å². The third-order valence-electron chi connectivity index (χ3n) is 4.10. The number of rotatable bonds is 4. The van der Waals surface area contributed by atoms with Gasteiger partial charge in [0.05, 0.1) is 12.0 Å². The standard InChI is InChI=1S/C14H15IN4O2/c15-11-5-3-10(4-6-11)12-16-17-18-19(12)9-14(13(20)21)7-1-2-8-14/h3-6H,1-2,7-9H2,(H,20,21). The van der Waals surface area contributed by atoms with Gasteiger partial charge in [-0.15, -0.1) is 5.10 Å². The monoisotopic (exact) mass is 398 g/mol. The summed E-state index contributed by atoms with van der Waals surface area (Å²) in [7, 11) is 0. The van der Waals surface area contributed by atoms with Gasteiger partial charge in [-0.1, -0.05) is 25.0 Å². The lowest BCUT2D eigenvalue weighted by atomic mass is 9.86. The van der Waals surface area contributed by atoms with Crippen molar-refractivity contribution in [1.29, 1.82) is 0 Å². The number of hydrogen-bond donors (Lipinski definition) is 1. The van der Waals surface area contributed by atoms with Crippen LogP contribution in [0.2, 0.25) is 0 Å². The first kappa shape index (κ1) is 14.4. The molecule has 1 aliphatic rings. The van der Waals surface area contributed by atoms with E-state index in [0.29, 0.717) is 25.2 Å². The Bertz CT molecular complexity index is 647. The molecule has 110 valence electrons. The van der Waals surface area contributed by atoms with E-state index in [1.807, 2.05) is 24.3 Å². The maximum atomic E-state index is 11.7. The minimum absolute atomic E-state index is 0.330. The van der Waals surface area contributed by atoms with E-state index in [9.17, 15) is 9.90 Å². The number of aromatic nitrogens is 4. The molecule has 3 rings (SSSR count). The quantitative estimate of drug-likeness (QED) is 0.801. The van der Waals surface area contributed by atoms with Crippen LogP contribution < -0.4 is 0 Å². The topological polar surface area (TPSA) is 80.9 Å². The van der Waals surface area contributed by atoms with E-state index in [2.05, 4.69) is 38.1 Å². The number of carbonyl (C=O) groups is 1. The summed E-state index contributed by atoms with van der Waals surface area (Å²) in [5.41, 5.74) is 0.173. The van der Waals surface area contributed by atoms with Crippen LogP contribution in [0.1, 0.15) is 25.7 Å². The Hall–Kier alpha value is -1.51. The summed E-state index contributed by atoms with van der Waals surface area (Å²) in [5, 5.41) is 21.4. The molecule has 0 radical (unpaired) electrons. The first-order valence-electron chi connectivity index (χ1n) is 6.86. The van der Waals surface area contributed by atoms with Gasteiger partial charge in [0.2, 0.25) is 0 Å². The van der Waals surface area contributed by atoms with Gasteiger partial charge in [-0.3, -0.25) is 4.79 Å². The summed E-state index contributed by atoms with van der Waals surface area (Å²) in [6.07, 6.45) is 3.28. The van der Waals surface area contributed by atoms with Crippen molar-refractivity contribution in [1.82, 2.24) is 20.2 Å². The van der Waals surface area contributed by atoms with Crippen LogP contribution in [0.5, 0.6) is 0 Å².